The summed E-state index contributed by atoms with van der Waals surface area (Å²) in [7, 11) is 1.68. The van der Waals surface area contributed by atoms with Crippen LogP contribution in [0.15, 0.2) is 59.1 Å². The molecule has 1 N–H and O–H groups in total. The van der Waals surface area contributed by atoms with E-state index in [0.717, 1.165) is 24.4 Å². The second-order valence-corrected chi connectivity index (χ2v) is 6.44. The first-order valence-electron chi connectivity index (χ1n) is 8.60. The van der Waals surface area contributed by atoms with Crippen molar-refractivity contribution in [2.75, 3.05) is 13.7 Å². The standard InChI is InChI=1S/C20H20N2O4/c1-25-17-7-3-2-5-15(17)19-16-6-4-10-21(16)11-12-22(19)13-14-8-9-18(26-14)20(23)24/h2-10,19H,11-13H2,1H3,(H,23,24)/t19-/m0/s1. The first-order chi connectivity index (χ1) is 12.7. The van der Waals surface area contributed by atoms with Crippen molar-refractivity contribution in [2.45, 2.75) is 19.1 Å². The second kappa shape index (κ2) is 6.72. The molecule has 0 radical (unpaired) electrons. The van der Waals surface area contributed by atoms with Crippen LogP contribution in [0.5, 0.6) is 5.75 Å². The fourth-order valence-corrected chi connectivity index (χ4v) is 3.79. The van der Waals surface area contributed by atoms with E-state index < -0.39 is 5.97 Å². The van der Waals surface area contributed by atoms with E-state index in [9.17, 15) is 9.90 Å². The van der Waals surface area contributed by atoms with Crippen molar-refractivity contribution < 1.29 is 24.0 Å². The number of para-hydroxylation sites is 1. The van der Waals surface area contributed by atoms with E-state index in [4.69, 9.17) is 9.15 Å². The van der Waals surface area contributed by atoms with Crippen LogP contribution in [0.25, 0.3) is 0 Å². The smallest absolute Gasteiger partial charge is 0.159 e. The number of carboxylic acids is 1. The first kappa shape index (κ1) is 16.5. The van der Waals surface area contributed by atoms with E-state index in [-0.39, 0.29) is 11.8 Å². The maximum atomic E-state index is 11.0. The minimum atomic E-state index is -1.29. The van der Waals surface area contributed by atoms with Crippen molar-refractivity contribution in [3.8, 4) is 5.75 Å². The highest BCUT2D eigenvalue weighted by molar-refractivity contribution is 5.82. The topological polar surface area (TPSA) is 71.9 Å². The number of carbonyl (C=O) groups is 1. The lowest BCUT2D eigenvalue weighted by atomic mass is 9.98. The van der Waals surface area contributed by atoms with Crippen LogP contribution >= 0.6 is 0 Å². The second-order valence-electron chi connectivity index (χ2n) is 6.44. The average molecular weight is 352 g/mol. The molecule has 1 aliphatic rings. The van der Waals surface area contributed by atoms with Crippen molar-refractivity contribution in [3.05, 3.63) is 77.5 Å². The summed E-state index contributed by atoms with van der Waals surface area (Å²) >= 11 is 0. The van der Waals surface area contributed by atoms with Gasteiger partial charge in [-0.2, -0.15) is 0 Å². The molecule has 1 aliphatic heterocycles. The summed E-state index contributed by atoms with van der Waals surface area (Å²) < 4.78 is 13.3. The molecular weight excluding hydrogens is 332 g/mol. The Labute approximate surface area is 151 Å². The normalized spacial score (nSPS) is 19.1. The Morgan fingerprint density at radius 1 is 1.27 bits per heavy atom. The predicted octanol–water partition coefficient (Wildman–Crippen LogP) is 0.641. The third kappa shape index (κ3) is 2.88. The van der Waals surface area contributed by atoms with Crippen LogP contribution < -0.4 is 14.7 Å². The van der Waals surface area contributed by atoms with Crippen molar-refractivity contribution in [2.24, 2.45) is 0 Å². The lowest BCUT2D eigenvalue weighted by molar-refractivity contribution is -0.944. The predicted molar refractivity (Wildman–Crippen MR) is 91.8 cm³/mol. The van der Waals surface area contributed by atoms with Crippen LogP contribution in [0.3, 0.4) is 0 Å². The Bertz CT molecular complexity index is 927. The Morgan fingerprint density at radius 2 is 2.12 bits per heavy atom. The third-order valence-electron chi connectivity index (χ3n) is 4.96. The van der Waals surface area contributed by atoms with Gasteiger partial charge in [-0.25, -0.2) is 0 Å². The fourth-order valence-electron chi connectivity index (χ4n) is 3.79. The largest absolute Gasteiger partial charge is 0.542 e. The molecule has 0 saturated heterocycles. The zero-order valence-electron chi connectivity index (χ0n) is 14.5. The molecule has 1 unspecified atom stereocenters. The number of nitrogens with one attached hydrogen (secondary N) is 1. The Morgan fingerprint density at radius 3 is 2.88 bits per heavy atom. The van der Waals surface area contributed by atoms with E-state index in [1.165, 1.54) is 16.7 Å². The highest BCUT2D eigenvalue weighted by atomic mass is 16.5. The molecule has 2 atom stereocenters. The SMILES string of the molecule is COc1ccccc1[C@H]1c2cccn2CC[NH+]1Cc1ccc(C(=O)[O-])o1. The van der Waals surface area contributed by atoms with Gasteiger partial charge in [0.1, 0.15) is 24.0 Å². The van der Waals surface area contributed by atoms with Gasteiger partial charge in [-0.1, -0.05) is 12.1 Å². The molecule has 6 heteroatoms. The molecule has 6 nitrogen and oxygen atoms in total. The molecule has 134 valence electrons. The molecule has 1 aromatic carbocycles. The molecule has 26 heavy (non-hydrogen) atoms. The van der Waals surface area contributed by atoms with Crippen molar-refractivity contribution in [1.82, 2.24) is 4.57 Å². The highest BCUT2D eigenvalue weighted by Gasteiger charge is 2.34. The summed E-state index contributed by atoms with van der Waals surface area (Å²) in [5.74, 6) is 0.0623. The minimum Gasteiger partial charge on any atom is -0.542 e. The number of ether oxygens (including phenoxy) is 1. The fraction of sp³-hybridized carbons (Fsp3) is 0.250. The van der Waals surface area contributed by atoms with Gasteiger partial charge in [0.15, 0.2) is 11.8 Å². The van der Waals surface area contributed by atoms with E-state index >= 15 is 0 Å². The van der Waals surface area contributed by atoms with Gasteiger partial charge >= 0.3 is 0 Å². The molecule has 4 rings (SSSR count). The summed E-state index contributed by atoms with van der Waals surface area (Å²) in [6, 6.07) is 15.5. The minimum absolute atomic E-state index is 0.0754. The summed E-state index contributed by atoms with van der Waals surface area (Å²) in [4.78, 5) is 12.3. The Kier molecular flexibility index (Phi) is 4.26. The number of aromatic nitrogens is 1. The van der Waals surface area contributed by atoms with Gasteiger partial charge in [0.25, 0.3) is 0 Å². The summed E-state index contributed by atoms with van der Waals surface area (Å²) in [5.41, 5.74) is 2.32. The Balaban J connectivity index is 1.72. The first-order valence-corrected chi connectivity index (χ1v) is 8.60. The van der Waals surface area contributed by atoms with E-state index in [2.05, 4.69) is 29.0 Å². The number of rotatable bonds is 5. The van der Waals surface area contributed by atoms with E-state index in [1.54, 1.807) is 13.2 Å². The van der Waals surface area contributed by atoms with Crippen LogP contribution in [0, 0.1) is 0 Å². The van der Waals surface area contributed by atoms with Crippen LogP contribution in [0.1, 0.15) is 33.6 Å². The number of hydrogen-bond donors (Lipinski definition) is 1. The number of nitrogens with zero attached hydrogens (tertiary/aromatic N) is 1. The van der Waals surface area contributed by atoms with Crippen molar-refractivity contribution in [3.63, 3.8) is 0 Å². The molecule has 0 fully saturated rings. The van der Waals surface area contributed by atoms with Gasteiger partial charge in [-0.3, -0.25) is 0 Å². The molecule has 3 aromatic rings. The number of benzene rings is 1. The third-order valence-corrected chi connectivity index (χ3v) is 4.96. The van der Waals surface area contributed by atoms with Crippen LogP contribution in [-0.4, -0.2) is 24.2 Å². The van der Waals surface area contributed by atoms with Gasteiger partial charge < -0.3 is 28.5 Å². The molecule has 3 heterocycles. The zero-order valence-corrected chi connectivity index (χ0v) is 14.5. The maximum absolute atomic E-state index is 11.0. The van der Waals surface area contributed by atoms with Crippen LogP contribution in [-0.2, 0) is 13.1 Å². The number of carbonyl (C=O) groups excluding carboxylic acids is 1. The number of hydrogen-bond acceptors (Lipinski definition) is 4. The number of carboxylic acid groups (broad SMARTS) is 1. The number of quaternary nitrogens is 1. The molecule has 0 amide bonds. The van der Waals surface area contributed by atoms with Crippen LogP contribution in [0.4, 0.5) is 0 Å². The Hall–Kier alpha value is -2.99. The number of aromatic carboxylic acids is 1. The lowest BCUT2D eigenvalue weighted by Crippen LogP contribution is -3.12. The van der Waals surface area contributed by atoms with Gasteiger partial charge in [-0.05, 0) is 36.4 Å². The monoisotopic (exact) mass is 352 g/mol. The average Bonchev–Trinajstić information content (AvgIpc) is 3.31. The van der Waals surface area contributed by atoms with E-state index in [0.29, 0.717) is 12.3 Å². The zero-order chi connectivity index (χ0) is 18.1. The lowest BCUT2D eigenvalue weighted by Gasteiger charge is -2.34. The van der Waals surface area contributed by atoms with E-state index in [1.807, 2.05) is 18.2 Å². The molecule has 2 aromatic heterocycles. The summed E-state index contributed by atoms with van der Waals surface area (Å²) in [6.45, 7) is 2.38. The van der Waals surface area contributed by atoms with Crippen molar-refractivity contribution in [1.29, 1.82) is 0 Å². The molecular formula is C20H20N2O4. The highest BCUT2D eigenvalue weighted by Crippen LogP contribution is 2.29. The number of furan rings is 1. The molecule has 0 saturated carbocycles. The molecule has 0 aliphatic carbocycles. The molecule has 0 spiro atoms. The van der Waals surface area contributed by atoms with Gasteiger partial charge in [0, 0.05) is 6.20 Å². The number of methoxy groups -OCH3 is 1. The van der Waals surface area contributed by atoms with Gasteiger partial charge in [0.2, 0.25) is 0 Å². The van der Waals surface area contributed by atoms with Crippen molar-refractivity contribution >= 4 is 5.97 Å². The maximum Gasteiger partial charge on any atom is 0.159 e. The van der Waals surface area contributed by atoms with Gasteiger partial charge in [0.05, 0.1) is 31.5 Å². The molecule has 0 bridgehead atoms. The van der Waals surface area contributed by atoms with Gasteiger partial charge in [-0.15, -0.1) is 0 Å². The summed E-state index contributed by atoms with van der Waals surface area (Å²) in [6.07, 6.45) is 2.09. The quantitative estimate of drug-likeness (QED) is 0.732. The number of fused-ring (bicyclic) bond motifs is 1. The summed E-state index contributed by atoms with van der Waals surface area (Å²) in [5, 5.41) is 11.0. The van der Waals surface area contributed by atoms with Crippen LogP contribution in [0.2, 0.25) is 0 Å².